The monoisotopic (exact) mass is 542 g/mol. The summed E-state index contributed by atoms with van der Waals surface area (Å²) < 4.78 is 6.69. The minimum atomic E-state index is -0.683. The highest BCUT2D eigenvalue weighted by Gasteiger charge is 2.25. The maximum Gasteiger partial charge on any atom is 0.341 e. The molecule has 1 aromatic carbocycles. The molecule has 2 amide bonds. The third kappa shape index (κ3) is 6.20. The first-order chi connectivity index (χ1) is 17.7. The smallest absolute Gasteiger partial charge is 0.341 e. The molecule has 3 aromatic rings. The Kier molecular flexibility index (Phi) is 9.48. The van der Waals surface area contributed by atoms with Crippen LogP contribution in [-0.4, -0.2) is 58.5 Å². The number of esters is 1. The Hall–Kier alpha value is -3.64. The molecule has 0 fully saturated rings. The number of methoxy groups -OCH3 is 1. The number of amides is 2. The first-order valence-corrected chi connectivity index (χ1v) is 13.4. The molecule has 2 heterocycles. The van der Waals surface area contributed by atoms with Gasteiger partial charge in [-0.25, -0.2) is 4.79 Å². The second kappa shape index (κ2) is 12.5. The number of thiophene rings is 1. The third-order valence-corrected chi connectivity index (χ3v) is 7.82. The van der Waals surface area contributed by atoms with Crippen LogP contribution in [-0.2, 0) is 16.1 Å². The van der Waals surface area contributed by atoms with Gasteiger partial charge in [-0.15, -0.1) is 28.1 Å². The molecule has 0 saturated heterocycles. The Bertz CT molecular complexity index is 1300. The molecule has 0 spiro atoms. The lowest BCUT2D eigenvalue weighted by Gasteiger charge is -2.21. The Morgan fingerprint density at radius 3 is 2.46 bits per heavy atom. The maximum atomic E-state index is 12.8. The second-order valence-electron chi connectivity index (χ2n) is 7.88. The molecule has 0 aliphatic carbocycles. The summed E-state index contributed by atoms with van der Waals surface area (Å²) in [6, 6.07) is 8.11. The fourth-order valence-corrected chi connectivity index (χ4v) is 5.60. The van der Waals surface area contributed by atoms with Crippen molar-refractivity contribution in [2.45, 2.75) is 32.5 Å². The molecule has 196 valence electrons. The van der Waals surface area contributed by atoms with Gasteiger partial charge >= 0.3 is 5.97 Å². The van der Waals surface area contributed by atoms with E-state index < -0.39 is 11.9 Å². The van der Waals surface area contributed by atoms with Crippen molar-refractivity contribution in [2.75, 3.05) is 36.2 Å². The third-order valence-electron chi connectivity index (χ3n) is 5.63. The van der Waals surface area contributed by atoms with Gasteiger partial charge in [-0.05, 0) is 50.6 Å². The standard InChI is InChI=1S/C25H30N6O4S2/c1-6-13-31-22(16-9-11-17(12-10-16)30(7-2)8-3)28-29-25(31)36-14-18(32)27-23-19(24(34)35-5)15(4)20(37-23)21(26)33/h6,9-12H,1,7-8,13-14H2,2-5H3,(H2,26,33)(H,27,32). The number of hydrogen-bond acceptors (Lipinski definition) is 9. The summed E-state index contributed by atoms with van der Waals surface area (Å²) in [7, 11) is 1.23. The minimum absolute atomic E-state index is 0.000358. The number of carbonyl (C=O) groups excluding carboxylic acids is 3. The summed E-state index contributed by atoms with van der Waals surface area (Å²) >= 11 is 2.14. The Morgan fingerprint density at radius 1 is 1.22 bits per heavy atom. The van der Waals surface area contributed by atoms with Crippen molar-refractivity contribution in [1.29, 1.82) is 0 Å². The number of anilines is 2. The largest absolute Gasteiger partial charge is 0.465 e. The van der Waals surface area contributed by atoms with Gasteiger partial charge in [0.25, 0.3) is 5.91 Å². The zero-order chi connectivity index (χ0) is 27.1. The van der Waals surface area contributed by atoms with E-state index in [1.54, 1.807) is 13.0 Å². The summed E-state index contributed by atoms with van der Waals surface area (Å²) in [4.78, 5) is 39.2. The molecule has 10 nitrogen and oxygen atoms in total. The molecule has 0 bridgehead atoms. The van der Waals surface area contributed by atoms with Gasteiger partial charge in [-0.3, -0.25) is 14.2 Å². The van der Waals surface area contributed by atoms with Crippen LogP contribution in [0, 0.1) is 6.92 Å². The normalized spacial score (nSPS) is 10.7. The van der Waals surface area contributed by atoms with Crippen molar-refractivity contribution in [1.82, 2.24) is 14.8 Å². The molecule has 2 aromatic heterocycles. The SMILES string of the molecule is C=CCn1c(SCC(=O)Nc2sc(C(N)=O)c(C)c2C(=O)OC)nnc1-c1ccc(N(CC)CC)cc1. The number of rotatable bonds is 12. The van der Waals surface area contributed by atoms with E-state index in [0.29, 0.717) is 23.1 Å². The van der Waals surface area contributed by atoms with E-state index in [0.717, 1.165) is 35.7 Å². The van der Waals surface area contributed by atoms with Crippen molar-refractivity contribution in [3.05, 3.63) is 52.9 Å². The molecule has 0 aliphatic rings. The van der Waals surface area contributed by atoms with E-state index in [-0.39, 0.29) is 27.1 Å². The fourth-order valence-electron chi connectivity index (χ4n) is 3.79. The first-order valence-electron chi connectivity index (χ1n) is 11.6. The zero-order valence-electron chi connectivity index (χ0n) is 21.2. The quantitative estimate of drug-likeness (QED) is 0.200. The molecule has 0 atom stereocenters. The molecule has 12 heteroatoms. The van der Waals surface area contributed by atoms with E-state index in [1.165, 1.54) is 18.9 Å². The number of benzene rings is 1. The highest BCUT2D eigenvalue weighted by Crippen LogP contribution is 2.34. The maximum absolute atomic E-state index is 12.8. The summed E-state index contributed by atoms with van der Waals surface area (Å²) in [5.74, 6) is -1.06. The summed E-state index contributed by atoms with van der Waals surface area (Å²) in [5, 5.41) is 12.1. The first kappa shape index (κ1) is 27.9. The van der Waals surface area contributed by atoms with Crippen LogP contribution in [0.3, 0.4) is 0 Å². The van der Waals surface area contributed by atoms with Gasteiger partial charge in [0.2, 0.25) is 5.91 Å². The van der Waals surface area contributed by atoms with E-state index in [1.807, 2.05) is 16.7 Å². The van der Waals surface area contributed by atoms with Gasteiger partial charge in [-0.1, -0.05) is 17.8 Å². The molecule has 0 radical (unpaired) electrons. The summed E-state index contributed by atoms with van der Waals surface area (Å²) in [6.45, 7) is 11.9. The Morgan fingerprint density at radius 2 is 1.89 bits per heavy atom. The van der Waals surface area contributed by atoms with Crippen LogP contribution in [0.2, 0.25) is 0 Å². The molecule has 0 aliphatic heterocycles. The lowest BCUT2D eigenvalue weighted by Crippen LogP contribution is -2.21. The van der Waals surface area contributed by atoms with E-state index in [2.05, 4.69) is 53.0 Å². The predicted molar refractivity (Wildman–Crippen MR) is 147 cm³/mol. The van der Waals surface area contributed by atoms with Gasteiger partial charge in [0, 0.05) is 30.9 Å². The predicted octanol–water partition coefficient (Wildman–Crippen LogP) is 3.96. The average molecular weight is 543 g/mol. The van der Waals surface area contributed by atoms with Gasteiger partial charge in [0.1, 0.15) is 5.00 Å². The number of aromatic nitrogens is 3. The zero-order valence-corrected chi connectivity index (χ0v) is 22.9. The van der Waals surface area contributed by atoms with Crippen LogP contribution in [0.25, 0.3) is 11.4 Å². The summed E-state index contributed by atoms with van der Waals surface area (Å²) in [5.41, 5.74) is 7.93. The lowest BCUT2D eigenvalue weighted by molar-refractivity contribution is -0.113. The van der Waals surface area contributed by atoms with Crippen molar-refractivity contribution in [3.63, 3.8) is 0 Å². The van der Waals surface area contributed by atoms with E-state index in [4.69, 9.17) is 10.5 Å². The Labute approximate surface area is 223 Å². The highest BCUT2D eigenvalue weighted by atomic mass is 32.2. The number of nitrogens with two attached hydrogens (primary N) is 1. The van der Waals surface area contributed by atoms with Crippen molar-refractivity contribution in [3.8, 4) is 11.4 Å². The van der Waals surface area contributed by atoms with E-state index >= 15 is 0 Å². The molecular formula is C25H30N6O4S2. The number of hydrogen-bond donors (Lipinski definition) is 2. The number of primary amides is 1. The van der Waals surface area contributed by atoms with Gasteiger partial charge in [0.05, 0.1) is 23.3 Å². The van der Waals surface area contributed by atoms with Gasteiger partial charge in [0.15, 0.2) is 11.0 Å². The van der Waals surface area contributed by atoms with Crippen molar-refractivity contribution in [2.24, 2.45) is 5.73 Å². The number of carbonyl (C=O) groups is 3. The van der Waals surface area contributed by atoms with Crippen LogP contribution in [0.4, 0.5) is 10.7 Å². The van der Waals surface area contributed by atoms with Crippen LogP contribution in [0.1, 0.15) is 39.4 Å². The van der Waals surface area contributed by atoms with Crippen LogP contribution >= 0.6 is 23.1 Å². The average Bonchev–Trinajstić information content (AvgIpc) is 3.44. The fraction of sp³-hybridized carbons (Fsp3) is 0.320. The van der Waals surface area contributed by atoms with Crippen LogP contribution in [0.15, 0.2) is 42.1 Å². The van der Waals surface area contributed by atoms with Crippen LogP contribution < -0.4 is 16.0 Å². The topological polar surface area (TPSA) is 132 Å². The minimum Gasteiger partial charge on any atom is -0.465 e. The highest BCUT2D eigenvalue weighted by molar-refractivity contribution is 7.99. The molecule has 3 N–H and O–H groups in total. The number of ether oxygens (including phenoxy) is 1. The van der Waals surface area contributed by atoms with Gasteiger partial charge < -0.3 is 20.7 Å². The van der Waals surface area contributed by atoms with E-state index in [9.17, 15) is 14.4 Å². The number of thioether (sulfide) groups is 1. The van der Waals surface area contributed by atoms with Crippen molar-refractivity contribution < 1.29 is 19.1 Å². The number of nitrogens with one attached hydrogen (secondary N) is 1. The molecule has 0 unspecified atom stereocenters. The molecule has 0 saturated carbocycles. The molecule has 3 rings (SSSR count). The second-order valence-corrected chi connectivity index (χ2v) is 9.84. The Balaban J connectivity index is 1.78. The van der Waals surface area contributed by atoms with Crippen LogP contribution in [0.5, 0.6) is 0 Å². The number of nitrogens with zero attached hydrogens (tertiary/aromatic N) is 4. The summed E-state index contributed by atoms with van der Waals surface area (Å²) in [6.07, 6.45) is 1.74. The van der Waals surface area contributed by atoms with Gasteiger partial charge in [-0.2, -0.15) is 0 Å². The lowest BCUT2D eigenvalue weighted by atomic mass is 10.1. The molecule has 37 heavy (non-hydrogen) atoms. The van der Waals surface area contributed by atoms with Crippen molar-refractivity contribution >= 4 is 51.6 Å². The molecular weight excluding hydrogens is 512 g/mol. The number of allylic oxidation sites excluding steroid dienone is 1.